The van der Waals surface area contributed by atoms with Crippen molar-refractivity contribution >= 4 is 60.8 Å². The molecule has 2 aliphatic rings. The van der Waals surface area contributed by atoms with Crippen LogP contribution in [0.5, 0.6) is 0 Å². The number of rotatable bonds is 3. The van der Waals surface area contributed by atoms with E-state index in [-0.39, 0.29) is 21.8 Å². The van der Waals surface area contributed by atoms with Gasteiger partial charge in [0.05, 0.1) is 4.88 Å². The molecule has 3 aromatic rings. The van der Waals surface area contributed by atoms with Gasteiger partial charge in [-0.05, 0) is 62.0 Å². The van der Waals surface area contributed by atoms with E-state index in [0.717, 1.165) is 11.2 Å². The Morgan fingerprint density at radius 1 is 0.769 bits per heavy atom. The van der Waals surface area contributed by atoms with Gasteiger partial charge < -0.3 is 0 Å². The monoisotopic (exact) mass is 414 g/mol. The van der Waals surface area contributed by atoms with Crippen LogP contribution in [-0.4, -0.2) is 6.29 Å². The van der Waals surface area contributed by atoms with Crippen molar-refractivity contribution < 1.29 is 4.79 Å². The summed E-state index contributed by atoms with van der Waals surface area (Å²) < 4.78 is 1.41. The molecule has 0 unspecified atom stereocenters. The van der Waals surface area contributed by atoms with Crippen LogP contribution in [0.4, 0.5) is 0 Å². The molecule has 132 valence electrons. The third-order valence-electron chi connectivity index (χ3n) is 3.97. The number of hydrogen-bond acceptors (Lipinski definition) is 3. The van der Waals surface area contributed by atoms with Gasteiger partial charge in [0.25, 0.3) is 0 Å². The number of benzene rings is 1. The zero-order chi connectivity index (χ0) is 17.8. The second-order valence-corrected chi connectivity index (χ2v) is 11.3. The number of aldehydes is 1. The van der Waals surface area contributed by atoms with E-state index in [1.165, 1.54) is 31.2 Å². The first-order valence-corrected chi connectivity index (χ1v) is 12.8. The van der Waals surface area contributed by atoms with E-state index in [2.05, 4.69) is 69.5 Å². The fourth-order valence-corrected chi connectivity index (χ4v) is 8.07. The number of fused-ring (bicyclic) bond motifs is 1. The summed E-state index contributed by atoms with van der Waals surface area (Å²) in [4.78, 5) is 13.7. The molecule has 0 bridgehead atoms. The van der Waals surface area contributed by atoms with Crippen LogP contribution in [-0.2, 0) is 0 Å². The van der Waals surface area contributed by atoms with Crippen molar-refractivity contribution in [2.24, 2.45) is 0 Å². The molecule has 0 N–H and O–H groups in total. The molecule has 2 aliphatic heterocycles. The summed E-state index contributed by atoms with van der Waals surface area (Å²) >= 11 is 3.30. The average molecular weight is 415 g/mol. The van der Waals surface area contributed by atoms with Gasteiger partial charge in [-0.3, -0.25) is 4.79 Å². The lowest BCUT2D eigenvalue weighted by Gasteiger charge is -2.21. The summed E-state index contributed by atoms with van der Waals surface area (Å²) in [5.74, 6) is 0. The van der Waals surface area contributed by atoms with Gasteiger partial charge in [0.15, 0.2) is 6.29 Å². The molecule has 0 radical (unpaired) electrons. The number of carbonyl (C=O) groups excluding carboxylic acids is 1. The molecule has 26 heavy (non-hydrogen) atoms. The summed E-state index contributed by atoms with van der Waals surface area (Å²) in [6, 6.07) is 10.7. The summed E-state index contributed by atoms with van der Waals surface area (Å²) in [6.07, 6.45) is 9.58. The molecular weight excluding hydrogens is 396 g/mol. The lowest BCUT2D eigenvalue weighted by atomic mass is 10.3. The van der Waals surface area contributed by atoms with Crippen LogP contribution >= 0.6 is 44.5 Å². The van der Waals surface area contributed by atoms with Crippen LogP contribution < -0.4 is 0 Å². The molecule has 0 amide bonds. The average Bonchev–Trinajstić information content (AvgIpc) is 3.49. The lowest BCUT2D eigenvalue weighted by molar-refractivity contribution is 0.112. The Morgan fingerprint density at radius 2 is 1.42 bits per heavy atom. The molecule has 2 aromatic heterocycles. The number of allylic oxidation sites excluding steroid dienone is 4. The normalized spacial score (nSPS) is 17.1. The van der Waals surface area contributed by atoms with Crippen LogP contribution in [0.2, 0.25) is 0 Å². The van der Waals surface area contributed by atoms with Gasteiger partial charge in [0, 0.05) is 14.5 Å². The SMILES string of the molecule is C1=C[SH](c2cc3ccsc3cc2[SH]2C=CC=C2)C=C1.O=Cc1cccs1. The molecule has 0 saturated heterocycles. The fourth-order valence-electron chi connectivity index (χ4n) is 2.75. The van der Waals surface area contributed by atoms with Crippen molar-refractivity contribution in [2.45, 2.75) is 9.79 Å². The van der Waals surface area contributed by atoms with Crippen LogP contribution in [0.1, 0.15) is 9.67 Å². The van der Waals surface area contributed by atoms with Gasteiger partial charge in [-0.25, -0.2) is 0 Å². The Hall–Kier alpha value is -1.79. The fraction of sp³-hybridized carbons (Fsp3) is 0. The molecule has 0 aliphatic carbocycles. The minimum Gasteiger partial charge on any atom is -0.297 e. The molecule has 5 heteroatoms. The van der Waals surface area contributed by atoms with Crippen molar-refractivity contribution in [1.29, 1.82) is 0 Å². The molecule has 1 nitrogen and oxygen atoms in total. The summed E-state index contributed by atoms with van der Waals surface area (Å²) in [6.45, 7) is 0. The predicted molar refractivity (Wildman–Crippen MR) is 123 cm³/mol. The van der Waals surface area contributed by atoms with Gasteiger partial charge in [0.1, 0.15) is 0 Å². The van der Waals surface area contributed by atoms with E-state index >= 15 is 0 Å². The van der Waals surface area contributed by atoms with Crippen LogP contribution in [0.3, 0.4) is 0 Å². The van der Waals surface area contributed by atoms with E-state index in [1.54, 1.807) is 6.07 Å². The minimum atomic E-state index is -0.239. The van der Waals surface area contributed by atoms with E-state index in [4.69, 9.17) is 0 Å². The molecule has 5 rings (SSSR count). The molecule has 0 atom stereocenters. The molecule has 0 spiro atoms. The highest BCUT2D eigenvalue weighted by molar-refractivity contribution is 8.25. The maximum absolute atomic E-state index is 9.88. The second-order valence-electron chi connectivity index (χ2n) is 5.61. The first-order chi connectivity index (χ1) is 12.8. The largest absolute Gasteiger partial charge is 0.297 e. The lowest BCUT2D eigenvalue weighted by Crippen LogP contribution is -1.84. The van der Waals surface area contributed by atoms with Crippen LogP contribution in [0.25, 0.3) is 10.1 Å². The summed E-state index contributed by atoms with van der Waals surface area (Å²) in [7, 11) is -0.477. The maximum Gasteiger partial charge on any atom is 0.159 e. The van der Waals surface area contributed by atoms with Gasteiger partial charge in [-0.2, -0.15) is 21.8 Å². The quantitative estimate of drug-likeness (QED) is 0.340. The van der Waals surface area contributed by atoms with E-state index in [9.17, 15) is 4.79 Å². The Morgan fingerprint density at radius 3 is 1.96 bits per heavy atom. The Bertz CT molecular complexity index is 936. The predicted octanol–water partition coefficient (Wildman–Crippen LogP) is 7.26. The van der Waals surface area contributed by atoms with Crippen LogP contribution in [0, 0.1) is 0 Å². The molecule has 1 aromatic carbocycles. The van der Waals surface area contributed by atoms with Crippen molar-refractivity contribution in [3.05, 3.63) is 91.9 Å². The standard InChI is InChI=1S/C16H14S3.C5H4OS/c1-2-8-18(7-1)15-11-13-5-6-17-14(13)12-16(15)19-9-3-4-10-19;6-4-5-2-1-3-7-5/h1-12,18-19H;1-4H. The molecule has 0 saturated carbocycles. The molecule has 0 fully saturated rings. The van der Waals surface area contributed by atoms with Gasteiger partial charge in [-0.1, -0.05) is 30.4 Å². The molecule has 4 heterocycles. The summed E-state index contributed by atoms with van der Waals surface area (Å²) in [5.41, 5.74) is 0. The van der Waals surface area contributed by atoms with Crippen molar-refractivity contribution in [3.8, 4) is 0 Å². The summed E-state index contributed by atoms with van der Waals surface area (Å²) in [5, 5.41) is 14.9. The Labute approximate surface area is 166 Å². The number of carbonyl (C=O) groups is 1. The highest BCUT2D eigenvalue weighted by Gasteiger charge is 2.15. The third-order valence-corrected chi connectivity index (χ3v) is 9.65. The van der Waals surface area contributed by atoms with Gasteiger partial charge in [0.2, 0.25) is 0 Å². The number of thiophene rings is 2. The van der Waals surface area contributed by atoms with E-state index in [1.807, 2.05) is 22.8 Å². The first-order valence-electron chi connectivity index (χ1n) is 8.12. The zero-order valence-corrected chi connectivity index (χ0v) is 17.3. The third kappa shape index (κ3) is 3.81. The second kappa shape index (κ2) is 8.27. The van der Waals surface area contributed by atoms with Gasteiger partial charge in [-0.15, -0.1) is 22.7 Å². The number of hydrogen-bond donors (Lipinski definition) is 2. The first kappa shape index (κ1) is 17.6. The zero-order valence-electron chi connectivity index (χ0n) is 13.9. The highest BCUT2D eigenvalue weighted by Crippen LogP contribution is 2.54. The van der Waals surface area contributed by atoms with Gasteiger partial charge >= 0.3 is 0 Å². The Kier molecular flexibility index (Phi) is 5.60. The van der Waals surface area contributed by atoms with Crippen LogP contribution in [0.15, 0.2) is 96.8 Å². The molecular formula is C21H18OS4. The van der Waals surface area contributed by atoms with Crippen molar-refractivity contribution in [2.75, 3.05) is 0 Å². The van der Waals surface area contributed by atoms with E-state index in [0.29, 0.717) is 0 Å². The maximum atomic E-state index is 9.88. The minimum absolute atomic E-state index is 0.237. The Balaban J connectivity index is 0.000000204. The number of thiol groups is 2. The topological polar surface area (TPSA) is 17.1 Å². The smallest absolute Gasteiger partial charge is 0.159 e. The van der Waals surface area contributed by atoms with Crippen molar-refractivity contribution in [1.82, 2.24) is 0 Å². The van der Waals surface area contributed by atoms with E-state index < -0.39 is 0 Å². The highest BCUT2D eigenvalue weighted by atomic mass is 32.2. The van der Waals surface area contributed by atoms with Crippen molar-refractivity contribution in [3.63, 3.8) is 0 Å².